The molecule has 1 saturated heterocycles. The molecule has 1 aliphatic rings. The van der Waals surface area contributed by atoms with Gasteiger partial charge in [0.15, 0.2) is 0 Å². The molecule has 2 aromatic rings. The van der Waals surface area contributed by atoms with Crippen LogP contribution in [0.25, 0.3) is 0 Å². The summed E-state index contributed by atoms with van der Waals surface area (Å²) in [5.74, 6) is 1.68. The quantitative estimate of drug-likeness (QED) is 0.845. The SMILES string of the molecule is CC1CCC(COc2ccccc2)N(c2ccncc2)C1.Cl. The zero-order valence-corrected chi connectivity index (χ0v) is 13.7. The lowest BCUT2D eigenvalue weighted by atomic mass is 9.94. The summed E-state index contributed by atoms with van der Waals surface area (Å²) < 4.78 is 5.98. The van der Waals surface area contributed by atoms with Crippen LogP contribution in [0.1, 0.15) is 19.8 Å². The molecular weight excluding hydrogens is 296 g/mol. The van der Waals surface area contributed by atoms with E-state index in [1.165, 1.54) is 18.5 Å². The van der Waals surface area contributed by atoms with Gasteiger partial charge in [0.25, 0.3) is 0 Å². The van der Waals surface area contributed by atoms with E-state index in [-0.39, 0.29) is 12.4 Å². The highest BCUT2D eigenvalue weighted by molar-refractivity contribution is 5.85. The number of ether oxygens (including phenoxy) is 1. The lowest BCUT2D eigenvalue weighted by Crippen LogP contribution is -2.46. The van der Waals surface area contributed by atoms with E-state index < -0.39 is 0 Å². The molecule has 0 bridgehead atoms. The van der Waals surface area contributed by atoms with Crippen molar-refractivity contribution in [3.63, 3.8) is 0 Å². The number of benzene rings is 1. The maximum atomic E-state index is 5.98. The molecular formula is C18H23ClN2O. The summed E-state index contributed by atoms with van der Waals surface area (Å²) in [7, 11) is 0. The Labute approximate surface area is 138 Å². The summed E-state index contributed by atoms with van der Waals surface area (Å²) >= 11 is 0. The van der Waals surface area contributed by atoms with Crippen LogP contribution in [0.4, 0.5) is 5.69 Å². The topological polar surface area (TPSA) is 25.4 Å². The lowest BCUT2D eigenvalue weighted by Gasteiger charge is -2.40. The van der Waals surface area contributed by atoms with Crippen LogP contribution in [-0.2, 0) is 0 Å². The van der Waals surface area contributed by atoms with Crippen molar-refractivity contribution >= 4 is 18.1 Å². The van der Waals surface area contributed by atoms with Crippen LogP contribution in [0.2, 0.25) is 0 Å². The van der Waals surface area contributed by atoms with E-state index in [0.717, 1.165) is 24.8 Å². The van der Waals surface area contributed by atoms with Gasteiger partial charge < -0.3 is 9.64 Å². The van der Waals surface area contributed by atoms with Gasteiger partial charge in [0.1, 0.15) is 12.4 Å². The summed E-state index contributed by atoms with van der Waals surface area (Å²) in [6.07, 6.45) is 6.17. The lowest BCUT2D eigenvalue weighted by molar-refractivity contribution is 0.244. The molecule has 0 amide bonds. The van der Waals surface area contributed by atoms with Gasteiger partial charge in [0.05, 0.1) is 6.04 Å². The number of pyridine rings is 1. The molecule has 2 heterocycles. The average Bonchev–Trinajstić information content (AvgIpc) is 2.55. The molecule has 0 spiro atoms. The van der Waals surface area contributed by atoms with Gasteiger partial charge >= 0.3 is 0 Å². The molecule has 0 saturated carbocycles. The van der Waals surface area contributed by atoms with Crippen molar-refractivity contribution in [3.05, 3.63) is 54.9 Å². The monoisotopic (exact) mass is 318 g/mol. The Morgan fingerprint density at radius 3 is 2.55 bits per heavy atom. The number of nitrogens with zero attached hydrogens (tertiary/aromatic N) is 2. The van der Waals surface area contributed by atoms with Crippen molar-refractivity contribution in [2.24, 2.45) is 5.92 Å². The van der Waals surface area contributed by atoms with Crippen molar-refractivity contribution in [1.82, 2.24) is 4.98 Å². The Morgan fingerprint density at radius 1 is 1.09 bits per heavy atom. The molecule has 2 unspecified atom stereocenters. The number of piperidine rings is 1. The van der Waals surface area contributed by atoms with Crippen molar-refractivity contribution < 1.29 is 4.74 Å². The van der Waals surface area contributed by atoms with Crippen LogP contribution in [0.5, 0.6) is 5.75 Å². The Hall–Kier alpha value is -1.74. The third kappa shape index (κ3) is 4.14. The highest BCUT2D eigenvalue weighted by Gasteiger charge is 2.26. The molecule has 1 aliphatic heterocycles. The first kappa shape index (κ1) is 16.6. The standard InChI is InChI=1S/C18H22N2O.ClH/c1-15-7-8-17(14-21-18-5-3-2-4-6-18)20(13-15)16-9-11-19-12-10-16;/h2-6,9-12,15,17H,7-8,13-14H2,1H3;1H. The molecule has 118 valence electrons. The smallest absolute Gasteiger partial charge is 0.119 e. The fraction of sp³-hybridized carbons (Fsp3) is 0.389. The largest absolute Gasteiger partial charge is 0.491 e. The zero-order valence-electron chi connectivity index (χ0n) is 12.9. The highest BCUT2D eigenvalue weighted by Crippen LogP contribution is 2.27. The fourth-order valence-electron chi connectivity index (χ4n) is 2.94. The predicted octanol–water partition coefficient (Wildman–Crippen LogP) is 4.19. The minimum Gasteiger partial charge on any atom is -0.491 e. The summed E-state index contributed by atoms with van der Waals surface area (Å²) in [5, 5.41) is 0. The fourth-order valence-corrected chi connectivity index (χ4v) is 2.94. The summed E-state index contributed by atoms with van der Waals surface area (Å²) in [5.41, 5.74) is 1.25. The van der Waals surface area contributed by atoms with Crippen molar-refractivity contribution in [2.45, 2.75) is 25.8 Å². The van der Waals surface area contributed by atoms with E-state index >= 15 is 0 Å². The van der Waals surface area contributed by atoms with E-state index in [1.54, 1.807) is 0 Å². The number of halogens is 1. The van der Waals surface area contributed by atoms with Crippen LogP contribution < -0.4 is 9.64 Å². The molecule has 3 rings (SSSR count). The van der Waals surface area contributed by atoms with Crippen molar-refractivity contribution in [3.8, 4) is 5.75 Å². The Morgan fingerprint density at radius 2 is 1.82 bits per heavy atom. The Bertz CT molecular complexity index is 550. The zero-order chi connectivity index (χ0) is 14.5. The summed E-state index contributed by atoms with van der Waals surface area (Å²) in [6, 6.07) is 14.7. The third-order valence-corrected chi connectivity index (χ3v) is 4.12. The molecule has 1 aromatic heterocycles. The van der Waals surface area contributed by atoms with Crippen LogP contribution in [0.3, 0.4) is 0 Å². The van der Waals surface area contributed by atoms with E-state index in [2.05, 4.69) is 28.9 Å². The molecule has 2 atom stereocenters. The van der Waals surface area contributed by atoms with E-state index in [4.69, 9.17) is 4.74 Å². The second-order valence-corrected chi connectivity index (χ2v) is 5.82. The van der Waals surface area contributed by atoms with Gasteiger partial charge in [-0.15, -0.1) is 12.4 Å². The average molecular weight is 319 g/mol. The molecule has 1 fully saturated rings. The van der Waals surface area contributed by atoms with Crippen LogP contribution in [0.15, 0.2) is 54.9 Å². The normalized spacial score (nSPS) is 21.0. The minimum absolute atomic E-state index is 0. The number of para-hydroxylation sites is 1. The molecule has 3 nitrogen and oxygen atoms in total. The maximum Gasteiger partial charge on any atom is 0.119 e. The van der Waals surface area contributed by atoms with Crippen molar-refractivity contribution in [2.75, 3.05) is 18.1 Å². The summed E-state index contributed by atoms with van der Waals surface area (Å²) in [6.45, 7) is 4.15. The molecule has 0 aliphatic carbocycles. The van der Waals surface area contributed by atoms with Crippen LogP contribution in [0, 0.1) is 5.92 Å². The highest BCUT2D eigenvalue weighted by atomic mass is 35.5. The summed E-state index contributed by atoms with van der Waals surface area (Å²) in [4.78, 5) is 6.59. The first-order chi connectivity index (χ1) is 10.3. The minimum atomic E-state index is 0. The van der Waals surface area contributed by atoms with Gasteiger partial charge in [-0.1, -0.05) is 25.1 Å². The van der Waals surface area contributed by atoms with Gasteiger partial charge in [0.2, 0.25) is 0 Å². The van der Waals surface area contributed by atoms with Gasteiger partial charge in [-0.05, 0) is 43.0 Å². The number of anilines is 1. The first-order valence-corrected chi connectivity index (χ1v) is 7.67. The number of hydrogen-bond donors (Lipinski definition) is 0. The van der Waals surface area contributed by atoms with Gasteiger partial charge in [-0.25, -0.2) is 0 Å². The molecule has 0 radical (unpaired) electrons. The molecule has 1 aromatic carbocycles. The maximum absolute atomic E-state index is 5.98. The van der Waals surface area contributed by atoms with Crippen LogP contribution >= 0.6 is 12.4 Å². The van der Waals surface area contributed by atoms with E-state index in [1.807, 2.05) is 42.7 Å². The van der Waals surface area contributed by atoms with Crippen molar-refractivity contribution in [1.29, 1.82) is 0 Å². The van der Waals surface area contributed by atoms with Crippen LogP contribution in [-0.4, -0.2) is 24.2 Å². The number of aromatic nitrogens is 1. The molecule has 22 heavy (non-hydrogen) atoms. The molecule has 0 N–H and O–H groups in total. The van der Waals surface area contributed by atoms with Gasteiger partial charge in [0, 0.05) is 24.6 Å². The van der Waals surface area contributed by atoms with Gasteiger partial charge in [-0.3, -0.25) is 4.98 Å². The molecule has 4 heteroatoms. The number of hydrogen-bond acceptors (Lipinski definition) is 3. The second kappa shape index (κ2) is 8.04. The van der Waals surface area contributed by atoms with Gasteiger partial charge in [-0.2, -0.15) is 0 Å². The van der Waals surface area contributed by atoms with E-state index in [9.17, 15) is 0 Å². The number of rotatable bonds is 4. The first-order valence-electron chi connectivity index (χ1n) is 7.67. The van der Waals surface area contributed by atoms with E-state index in [0.29, 0.717) is 6.04 Å². The third-order valence-electron chi connectivity index (χ3n) is 4.12. The second-order valence-electron chi connectivity index (χ2n) is 5.82. The Balaban J connectivity index is 0.00000176. The Kier molecular flexibility index (Phi) is 6.08. The predicted molar refractivity (Wildman–Crippen MR) is 93.0 cm³/mol.